The highest BCUT2D eigenvalue weighted by atomic mass is 32.1. The van der Waals surface area contributed by atoms with Crippen molar-refractivity contribution in [2.24, 2.45) is 0 Å². The van der Waals surface area contributed by atoms with Crippen LogP contribution in [0.25, 0.3) is 0 Å². The van der Waals surface area contributed by atoms with E-state index in [1.165, 1.54) is 18.6 Å². The van der Waals surface area contributed by atoms with Crippen molar-refractivity contribution in [3.05, 3.63) is 40.4 Å². The Morgan fingerprint density at radius 3 is 2.59 bits per heavy atom. The van der Waals surface area contributed by atoms with Crippen molar-refractivity contribution in [3.8, 4) is 0 Å². The number of hydrogen-bond donors (Lipinski definition) is 1. The number of nitrogens with zero attached hydrogens (tertiary/aromatic N) is 3. The molecule has 4 nitrogen and oxygen atoms in total. The molecule has 17 heavy (non-hydrogen) atoms. The van der Waals surface area contributed by atoms with E-state index >= 15 is 0 Å². The van der Waals surface area contributed by atoms with Crippen molar-refractivity contribution >= 4 is 11.3 Å². The molecular formula is C9H6F3N3OS. The Labute approximate surface area is 97.8 Å². The second kappa shape index (κ2) is 4.38. The summed E-state index contributed by atoms with van der Waals surface area (Å²) in [6, 6.07) is 1.43. The van der Waals surface area contributed by atoms with Gasteiger partial charge in [0.05, 0.1) is 10.6 Å². The van der Waals surface area contributed by atoms with Crippen molar-refractivity contribution in [2.45, 2.75) is 12.3 Å². The Hall–Kier alpha value is -1.54. The molecular weight excluding hydrogens is 255 g/mol. The summed E-state index contributed by atoms with van der Waals surface area (Å²) < 4.78 is 36.9. The molecule has 2 heterocycles. The quantitative estimate of drug-likeness (QED) is 0.898. The average molecular weight is 261 g/mol. The van der Waals surface area contributed by atoms with Crippen molar-refractivity contribution in [3.63, 3.8) is 0 Å². The summed E-state index contributed by atoms with van der Waals surface area (Å²) in [4.78, 5) is 10.7. The molecule has 1 N–H and O–H groups in total. The van der Waals surface area contributed by atoms with E-state index in [1.807, 2.05) is 0 Å². The molecule has 8 heteroatoms. The fourth-order valence-electron chi connectivity index (χ4n) is 1.15. The summed E-state index contributed by atoms with van der Waals surface area (Å²) in [5.74, 6) is 0. The lowest BCUT2D eigenvalue weighted by atomic mass is 10.2. The molecule has 0 fully saturated rings. The normalized spacial score (nSPS) is 13.6. The monoisotopic (exact) mass is 261 g/mol. The van der Waals surface area contributed by atoms with Crippen molar-refractivity contribution < 1.29 is 18.3 Å². The summed E-state index contributed by atoms with van der Waals surface area (Å²) >= 11 is 0.396. The molecule has 2 aromatic heterocycles. The van der Waals surface area contributed by atoms with Crippen LogP contribution in [-0.2, 0) is 6.18 Å². The lowest BCUT2D eigenvalue weighted by molar-refractivity contribution is -0.137. The van der Waals surface area contributed by atoms with Crippen LogP contribution >= 0.6 is 11.3 Å². The standard InChI is InChI=1S/C9H6F3N3OS/c10-9(11,12)8-14-3-6(17-8)7(16)5-1-2-13-4-15-5/h1-4,7,16H. The minimum absolute atomic E-state index is 0.0935. The zero-order valence-corrected chi connectivity index (χ0v) is 9.03. The number of aliphatic hydroxyl groups excluding tert-OH is 1. The van der Waals surface area contributed by atoms with Crippen LogP contribution in [0.4, 0.5) is 13.2 Å². The van der Waals surface area contributed by atoms with Gasteiger partial charge in [0.2, 0.25) is 0 Å². The molecule has 2 aromatic rings. The summed E-state index contributed by atoms with van der Waals surface area (Å²) in [7, 11) is 0. The van der Waals surface area contributed by atoms with Gasteiger partial charge in [0.25, 0.3) is 0 Å². The van der Waals surface area contributed by atoms with Gasteiger partial charge in [-0.1, -0.05) is 0 Å². The van der Waals surface area contributed by atoms with Crippen molar-refractivity contribution in [1.82, 2.24) is 15.0 Å². The van der Waals surface area contributed by atoms with Gasteiger partial charge in [-0.15, -0.1) is 11.3 Å². The second-order valence-corrected chi connectivity index (χ2v) is 4.16. The summed E-state index contributed by atoms with van der Waals surface area (Å²) in [6.45, 7) is 0. The van der Waals surface area contributed by atoms with E-state index < -0.39 is 17.3 Å². The molecule has 90 valence electrons. The first-order valence-electron chi connectivity index (χ1n) is 4.45. The Balaban J connectivity index is 2.27. The highest BCUT2D eigenvalue weighted by molar-refractivity contribution is 7.11. The Kier molecular flexibility index (Phi) is 3.07. The predicted molar refractivity (Wildman–Crippen MR) is 53.2 cm³/mol. The largest absolute Gasteiger partial charge is 0.443 e. The van der Waals surface area contributed by atoms with Crippen LogP contribution in [0, 0.1) is 0 Å². The van der Waals surface area contributed by atoms with E-state index in [-0.39, 0.29) is 10.6 Å². The van der Waals surface area contributed by atoms with Gasteiger partial charge in [-0.05, 0) is 6.07 Å². The number of alkyl halides is 3. The molecule has 1 atom stereocenters. The summed E-state index contributed by atoms with van der Waals surface area (Å²) in [5.41, 5.74) is 0.234. The summed E-state index contributed by atoms with van der Waals surface area (Å²) in [5, 5.41) is 8.80. The third-order valence-electron chi connectivity index (χ3n) is 1.92. The zero-order valence-electron chi connectivity index (χ0n) is 8.22. The van der Waals surface area contributed by atoms with Gasteiger partial charge >= 0.3 is 6.18 Å². The van der Waals surface area contributed by atoms with E-state index in [4.69, 9.17) is 0 Å². The predicted octanol–water partition coefficient (Wildman–Crippen LogP) is 2.03. The molecule has 0 aliphatic rings. The van der Waals surface area contributed by atoms with E-state index in [2.05, 4.69) is 15.0 Å². The number of thiazole rings is 1. The maximum Gasteiger partial charge on any atom is 0.443 e. The second-order valence-electron chi connectivity index (χ2n) is 3.10. The number of hydrogen-bond acceptors (Lipinski definition) is 5. The maximum absolute atomic E-state index is 12.3. The Bertz CT molecular complexity index is 500. The molecule has 0 aliphatic heterocycles. The molecule has 0 amide bonds. The first-order valence-corrected chi connectivity index (χ1v) is 5.27. The summed E-state index contributed by atoms with van der Waals surface area (Å²) in [6.07, 6.45) is -2.09. The number of rotatable bonds is 2. The van der Waals surface area contributed by atoms with Gasteiger partial charge in [0, 0.05) is 12.4 Å². The first kappa shape index (κ1) is 11.9. The Morgan fingerprint density at radius 2 is 2.06 bits per heavy atom. The Morgan fingerprint density at radius 1 is 1.29 bits per heavy atom. The van der Waals surface area contributed by atoms with Crippen molar-refractivity contribution in [2.75, 3.05) is 0 Å². The van der Waals surface area contributed by atoms with Crippen LogP contribution in [0.5, 0.6) is 0 Å². The maximum atomic E-state index is 12.3. The third kappa shape index (κ3) is 2.59. The highest BCUT2D eigenvalue weighted by Crippen LogP contribution is 2.35. The first-order chi connectivity index (χ1) is 7.98. The fourth-order valence-corrected chi connectivity index (χ4v) is 1.93. The van der Waals surface area contributed by atoms with Gasteiger partial charge in [-0.2, -0.15) is 13.2 Å². The SMILES string of the molecule is OC(c1ccncn1)c1cnc(C(F)(F)F)s1. The molecule has 0 bridgehead atoms. The zero-order chi connectivity index (χ0) is 12.5. The van der Waals surface area contributed by atoms with Crippen LogP contribution in [0.3, 0.4) is 0 Å². The fraction of sp³-hybridized carbons (Fsp3) is 0.222. The molecule has 0 saturated heterocycles. The molecule has 1 unspecified atom stereocenters. The van der Waals surface area contributed by atoms with E-state index in [1.54, 1.807) is 0 Å². The molecule has 0 aliphatic carbocycles. The smallest absolute Gasteiger partial charge is 0.381 e. The number of aliphatic hydroxyl groups is 1. The van der Waals surface area contributed by atoms with Crippen LogP contribution in [0.15, 0.2) is 24.8 Å². The van der Waals surface area contributed by atoms with E-state index in [0.29, 0.717) is 11.3 Å². The van der Waals surface area contributed by atoms with Crippen LogP contribution in [-0.4, -0.2) is 20.1 Å². The molecule has 0 aromatic carbocycles. The minimum atomic E-state index is -4.49. The molecule has 0 saturated carbocycles. The topological polar surface area (TPSA) is 58.9 Å². The van der Waals surface area contributed by atoms with E-state index in [9.17, 15) is 18.3 Å². The lowest BCUT2D eigenvalue weighted by Crippen LogP contribution is -2.03. The molecule has 0 radical (unpaired) electrons. The third-order valence-corrected chi connectivity index (χ3v) is 3.02. The highest BCUT2D eigenvalue weighted by Gasteiger charge is 2.35. The van der Waals surface area contributed by atoms with Crippen LogP contribution in [0.2, 0.25) is 0 Å². The minimum Gasteiger partial charge on any atom is -0.381 e. The van der Waals surface area contributed by atoms with Gasteiger partial charge < -0.3 is 5.11 Å². The van der Waals surface area contributed by atoms with Crippen LogP contribution in [0.1, 0.15) is 21.7 Å². The molecule has 0 spiro atoms. The van der Waals surface area contributed by atoms with Crippen molar-refractivity contribution in [1.29, 1.82) is 0 Å². The number of aromatic nitrogens is 3. The molecule has 2 rings (SSSR count). The van der Waals surface area contributed by atoms with Gasteiger partial charge in [0.15, 0.2) is 5.01 Å². The van der Waals surface area contributed by atoms with E-state index in [0.717, 1.165) is 6.20 Å². The lowest BCUT2D eigenvalue weighted by Gasteiger charge is -2.05. The number of halogens is 3. The van der Waals surface area contributed by atoms with Crippen LogP contribution < -0.4 is 0 Å². The van der Waals surface area contributed by atoms with Gasteiger partial charge in [-0.3, -0.25) is 0 Å². The van der Waals surface area contributed by atoms with Gasteiger partial charge in [-0.25, -0.2) is 15.0 Å². The average Bonchev–Trinajstić information content (AvgIpc) is 2.78. The van der Waals surface area contributed by atoms with Gasteiger partial charge in [0.1, 0.15) is 12.4 Å².